The molecule has 1 rings (SSSR count). The zero-order chi connectivity index (χ0) is 10.0. The summed E-state index contributed by atoms with van der Waals surface area (Å²) in [6.45, 7) is 0.240. The third-order valence-corrected chi connectivity index (χ3v) is 2.71. The summed E-state index contributed by atoms with van der Waals surface area (Å²) in [5.74, 6) is 0.0606. The Hall–Kier alpha value is -0.000000000000000111. The van der Waals surface area contributed by atoms with Gasteiger partial charge in [-0.05, 0) is 28.1 Å². The Morgan fingerprint density at radius 3 is 2.57 bits per heavy atom. The Morgan fingerprint density at radius 1 is 1.50 bits per heavy atom. The van der Waals surface area contributed by atoms with Crippen molar-refractivity contribution in [1.29, 1.82) is 0 Å². The number of hydrogen-bond donors (Lipinski definition) is 3. The highest BCUT2D eigenvalue weighted by atomic mass is 79.9. The molecule has 0 saturated carbocycles. The lowest BCUT2D eigenvalue weighted by Gasteiger charge is -2.13. The number of halogens is 3. The molecule has 0 radical (unpaired) electrons. The van der Waals surface area contributed by atoms with Gasteiger partial charge >= 0.3 is 0 Å². The Balaban J connectivity index is 0.00000169. The standard InChI is InChI=1S/C8H10BrClN2O.ClH/c9-4-1-2-5(10)7(8(4)13)6(12)3-11;/h1-2,6,13H,3,11-12H2;1H/t6-;/m1./s1. The first-order chi connectivity index (χ1) is 6.07. The normalized spacial score (nSPS) is 12.0. The number of aromatic hydroxyl groups is 1. The van der Waals surface area contributed by atoms with Gasteiger partial charge in [0.1, 0.15) is 5.75 Å². The van der Waals surface area contributed by atoms with Crippen molar-refractivity contribution in [2.24, 2.45) is 11.5 Å². The monoisotopic (exact) mass is 300 g/mol. The van der Waals surface area contributed by atoms with E-state index < -0.39 is 6.04 Å². The molecule has 1 atom stereocenters. The summed E-state index contributed by atoms with van der Waals surface area (Å²) in [6, 6.07) is 2.88. The Labute approximate surface area is 102 Å². The number of phenols is 1. The predicted molar refractivity (Wildman–Crippen MR) is 64.0 cm³/mol. The molecule has 0 aliphatic rings. The quantitative estimate of drug-likeness (QED) is 0.784. The van der Waals surface area contributed by atoms with Crippen LogP contribution in [0, 0.1) is 0 Å². The summed E-state index contributed by atoms with van der Waals surface area (Å²) in [6.07, 6.45) is 0. The lowest BCUT2D eigenvalue weighted by molar-refractivity contribution is 0.458. The van der Waals surface area contributed by atoms with Crippen LogP contribution in [-0.2, 0) is 0 Å². The molecular formula is C8H11BrCl2N2O. The fourth-order valence-electron chi connectivity index (χ4n) is 1.03. The van der Waals surface area contributed by atoms with Crippen molar-refractivity contribution in [3.63, 3.8) is 0 Å². The van der Waals surface area contributed by atoms with Gasteiger partial charge in [-0.15, -0.1) is 12.4 Å². The average molecular weight is 302 g/mol. The summed E-state index contributed by atoms with van der Waals surface area (Å²) in [7, 11) is 0. The zero-order valence-corrected chi connectivity index (χ0v) is 10.4. The first-order valence-corrected chi connectivity index (χ1v) is 4.87. The van der Waals surface area contributed by atoms with E-state index in [1.807, 2.05) is 0 Å². The molecule has 0 unspecified atom stereocenters. The maximum Gasteiger partial charge on any atom is 0.136 e. The van der Waals surface area contributed by atoms with Gasteiger partial charge in [0, 0.05) is 23.2 Å². The molecule has 0 spiro atoms. The number of benzene rings is 1. The summed E-state index contributed by atoms with van der Waals surface area (Å²) >= 11 is 9.03. The molecule has 5 N–H and O–H groups in total. The molecule has 80 valence electrons. The summed E-state index contributed by atoms with van der Waals surface area (Å²) in [4.78, 5) is 0. The Morgan fingerprint density at radius 2 is 2.07 bits per heavy atom. The maximum absolute atomic E-state index is 9.61. The van der Waals surface area contributed by atoms with Crippen LogP contribution in [0.3, 0.4) is 0 Å². The van der Waals surface area contributed by atoms with E-state index in [1.54, 1.807) is 12.1 Å². The third kappa shape index (κ3) is 2.74. The summed E-state index contributed by atoms with van der Waals surface area (Å²) < 4.78 is 0.566. The molecule has 0 heterocycles. The van der Waals surface area contributed by atoms with Crippen molar-refractivity contribution in [3.8, 4) is 5.75 Å². The number of rotatable bonds is 2. The van der Waals surface area contributed by atoms with Crippen LogP contribution in [0.15, 0.2) is 16.6 Å². The van der Waals surface area contributed by atoms with Crippen molar-refractivity contribution < 1.29 is 5.11 Å². The van der Waals surface area contributed by atoms with E-state index in [9.17, 15) is 5.11 Å². The molecule has 1 aromatic carbocycles. The van der Waals surface area contributed by atoms with Gasteiger partial charge in [-0.3, -0.25) is 0 Å². The van der Waals surface area contributed by atoms with Gasteiger partial charge in [0.2, 0.25) is 0 Å². The van der Waals surface area contributed by atoms with E-state index in [1.165, 1.54) is 0 Å². The molecule has 0 aromatic heterocycles. The van der Waals surface area contributed by atoms with Gasteiger partial charge in [-0.1, -0.05) is 11.6 Å². The highest BCUT2D eigenvalue weighted by Crippen LogP contribution is 2.35. The second-order valence-corrected chi connectivity index (χ2v) is 3.90. The lowest BCUT2D eigenvalue weighted by atomic mass is 10.1. The fourth-order valence-corrected chi connectivity index (χ4v) is 1.67. The highest BCUT2D eigenvalue weighted by molar-refractivity contribution is 9.10. The minimum atomic E-state index is -0.440. The number of hydrogen-bond acceptors (Lipinski definition) is 3. The van der Waals surface area contributed by atoms with Crippen LogP contribution in [0.2, 0.25) is 5.02 Å². The number of phenolic OH excluding ortho intramolecular Hbond substituents is 1. The summed E-state index contributed by atoms with van der Waals surface area (Å²) in [5, 5.41) is 10.0. The average Bonchev–Trinajstić information content (AvgIpc) is 2.12. The van der Waals surface area contributed by atoms with Crippen LogP contribution < -0.4 is 11.5 Å². The molecular weight excluding hydrogens is 291 g/mol. The second kappa shape index (κ2) is 5.78. The minimum Gasteiger partial charge on any atom is -0.506 e. The minimum absolute atomic E-state index is 0. The molecule has 0 aliphatic carbocycles. The molecule has 3 nitrogen and oxygen atoms in total. The van der Waals surface area contributed by atoms with Crippen molar-refractivity contribution in [1.82, 2.24) is 0 Å². The molecule has 1 aromatic rings. The first-order valence-electron chi connectivity index (χ1n) is 3.70. The van der Waals surface area contributed by atoms with E-state index in [4.69, 9.17) is 23.1 Å². The zero-order valence-electron chi connectivity index (χ0n) is 7.21. The maximum atomic E-state index is 9.61. The van der Waals surface area contributed by atoms with Gasteiger partial charge in [0.25, 0.3) is 0 Å². The second-order valence-electron chi connectivity index (χ2n) is 2.63. The van der Waals surface area contributed by atoms with Crippen LogP contribution in [0.1, 0.15) is 11.6 Å². The fraction of sp³-hybridized carbons (Fsp3) is 0.250. The summed E-state index contributed by atoms with van der Waals surface area (Å²) in [5.41, 5.74) is 11.5. The van der Waals surface area contributed by atoms with E-state index in [0.717, 1.165) is 0 Å². The molecule has 0 bridgehead atoms. The van der Waals surface area contributed by atoms with Gasteiger partial charge in [-0.2, -0.15) is 0 Å². The Kier molecular flexibility index (Phi) is 5.78. The van der Waals surface area contributed by atoms with Crippen molar-refractivity contribution in [2.75, 3.05) is 6.54 Å². The molecule has 0 amide bonds. The van der Waals surface area contributed by atoms with Gasteiger partial charge < -0.3 is 16.6 Å². The van der Waals surface area contributed by atoms with E-state index in [2.05, 4.69) is 15.9 Å². The lowest BCUT2D eigenvalue weighted by Crippen LogP contribution is -2.21. The molecule has 0 fully saturated rings. The topological polar surface area (TPSA) is 72.3 Å². The van der Waals surface area contributed by atoms with E-state index >= 15 is 0 Å². The predicted octanol–water partition coefficient (Wildman–Crippen LogP) is 2.19. The first kappa shape index (κ1) is 14.0. The molecule has 14 heavy (non-hydrogen) atoms. The smallest absolute Gasteiger partial charge is 0.136 e. The van der Waals surface area contributed by atoms with Crippen LogP contribution in [0.4, 0.5) is 0 Å². The number of nitrogens with two attached hydrogens (primary N) is 2. The van der Waals surface area contributed by atoms with Crippen LogP contribution in [0.25, 0.3) is 0 Å². The van der Waals surface area contributed by atoms with Crippen molar-refractivity contribution in [3.05, 3.63) is 27.2 Å². The van der Waals surface area contributed by atoms with Crippen LogP contribution in [0.5, 0.6) is 5.75 Å². The largest absolute Gasteiger partial charge is 0.506 e. The highest BCUT2D eigenvalue weighted by Gasteiger charge is 2.15. The molecule has 6 heteroatoms. The van der Waals surface area contributed by atoms with E-state index in [-0.39, 0.29) is 24.7 Å². The van der Waals surface area contributed by atoms with Crippen molar-refractivity contribution >= 4 is 39.9 Å². The van der Waals surface area contributed by atoms with E-state index in [0.29, 0.717) is 15.1 Å². The molecule has 0 aliphatic heterocycles. The van der Waals surface area contributed by atoms with Gasteiger partial charge in [0.15, 0.2) is 0 Å². The SMILES string of the molecule is Cl.NC[C@@H](N)c1c(Cl)ccc(Br)c1O. The van der Waals surface area contributed by atoms with Crippen LogP contribution >= 0.6 is 39.9 Å². The third-order valence-electron chi connectivity index (χ3n) is 1.74. The molecule has 0 saturated heterocycles. The Bertz CT molecular complexity index is 322. The van der Waals surface area contributed by atoms with Crippen molar-refractivity contribution in [2.45, 2.75) is 6.04 Å². The van der Waals surface area contributed by atoms with Gasteiger partial charge in [-0.25, -0.2) is 0 Å². The van der Waals surface area contributed by atoms with Gasteiger partial charge in [0.05, 0.1) is 4.47 Å². The van der Waals surface area contributed by atoms with Crippen LogP contribution in [-0.4, -0.2) is 11.7 Å².